The molecule has 0 aliphatic heterocycles. The lowest BCUT2D eigenvalue weighted by molar-refractivity contribution is 0.115. The second-order valence-electron chi connectivity index (χ2n) is 5.12. The lowest BCUT2D eigenvalue weighted by Crippen LogP contribution is -2.40. The van der Waals surface area contributed by atoms with E-state index >= 15 is 0 Å². The molecular formula is C14H30IN3O. The monoisotopic (exact) mass is 383 g/mol. The van der Waals surface area contributed by atoms with Crippen molar-refractivity contribution < 1.29 is 4.74 Å². The number of halogens is 1. The molecule has 0 saturated heterocycles. The summed E-state index contributed by atoms with van der Waals surface area (Å²) in [6.45, 7) is 5.87. The standard InChI is InChI=1S/C14H29N3O.HI/c1-4-5-6-9-16-14(15-2)17(3)10-11-18-12-13-7-8-13;/h13H,4-12H2,1-3H3,(H,15,16);1H. The van der Waals surface area contributed by atoms with Crippen LogP contribution < -0.4 is 5.32 Å². The van der Waals surface area contributed by atoms with Crippen molar-refractivity contribution >= 4 is 29.9 Å². The molecule has 1 N–H and O–H groups in total. The molecule has 0 aromatic heterocycles. The molecule has 0 radical (unpaired) electrons. The summed E-state index contributed by atoms with van der Waals surface area (Å²) in [5.74, 6) is 1.82. The molecule has 0 atom stereocenters. The van der Waals surface area contributed by atoms with Gasteiger partial charge in [-0.3, -0.25) is 4.99 Å². The fourth-order valence-electron chi connectivity index (χ4n) is 1.80. The molecule has 0 bridgehead atoms. The van der Waals surface area contributed by atoms with Crippen molar-refractivity contribution in [1.29, 1.82) is 0 Å². The molecule has 1 aliphatic carbocycles. The minimum atomic E-state index is 0. The van der Waals surface area contributed by atoms with E-state index in [1.165, 1.54) is 32.1 Å². The highest BCUT2D eigenvalue weighted by Gasteiger charge is 2.21. The summed E-state index contributed by atoms with van der Waals surface area (Å²) in [4.78, 5) is 6.43. The van der Waals surface area contributed by atoms with Gasteiger partial charge in [-0.2, -0.15) is 0 Å². The minimum Gasteiger partial charge on any atom is -0.379 e. The largest absolute Gasteiger partial charge is 0.379 e. The van der Waals surface area contributed by atoms with Crippen LogP contribution in [0, 0.1) is 5.92 Å². The summed E-state index contributed by atoms with van der Waals surface area (Å²) in [5, 5.41) is 3.39. The Morgan fingerprint density at radius 3 is 2.68 bits per heavy atom. The summed E-state index contributed by atoms with van der Waals surface area (Å²) in [5.41, 5.74) is 0. The number of ether oxygens (including phenoxy) is 1. The van der Waals surface area contributed by atoms with Gasteiger partial charge >= 0.3 is 0 Å². The number of hydrogen-bond acceptors (Lipinski definition) is 2. The van der Waals surface area contributed by atoms with E-state index < -0.39 is 0 Å². The predicted molar refractivity (Wildman–Crippen MR) is 92.5 cm³/mol. The molecule has 0 spiro atoms. The Labute approximate surface area is 135 Å². The van der Waals surface area contributed by atoms with E-state index in [4.69, 9.17) is 4.74 Å². The van der Waals surface area contributed by atoms with Gasteiger partial charge < -0.3 is 15.0 Å². The second kappa shape index (κ2) is 11.8. The highest BCUT2D eigenvalue weighted by Crippen LogP contribution is 2.28. The molecule has 114 valence electrons. The Balaban J connectivity index is 0.00000324. The van der Waals surface area contributed by atoms with Gasteiger partial charge in [-0.1, -0.05) is 19.8 Å². The normalized spacial score (nSPS) is 15.0. The highest BCUT2D eigenvalue weighted by molar-refractivity contribution is 14.0. The summed E-state index contributed by atoms with van der Waals surface area (Å²) in [6.07, 6.45) is 6.46. The van der Waals surface area contributed by atoms with Gasteiger partial charge in [0.15, 0.2) is 5.96 Å². The van der Waals surface area contributed by atoms with Crippen molar-refractivity contribution in [3.05, 3.63) is 0 Å². The topological polar surface area (TPSA) is 36.9 Å². The smallest absolute Gasteiger partial charge is 0.193 e. The van der Waals surface area contributed by atoms with Gasteiger partial charge in [-0.25, -0.2) is 0 Å². The van der Waals surface area contributed by atoms with Gasteiger partial charge in [0.2, 0.25) is 0 Å². The van der Waals surface area contributed by atoms with E-state index in [1.54, 1.807) is 0 Å². The lowest BCUT2D eigenvalue weighted by atomic mass is 10.2. The number of nitrogens with one attached hydrogen (secondary N) is 1. The maximum Gasteiger partial charge on any atom is 0.193 e. The first-order chi connectivity index (χ1) is 8.77. The van der Waals surface area contributed by atoms with Crippen LogP contribution >= 0.6 is 24.0 Å². The van der Waals surface area contributed by atoms with E-state index in [9.17, 15) is 0 Å². The van der Waals surface area contributed by atoms with E-state index in [1.807, 2.05) is 7.05 Å². The van der Waals surface area contributed by atoms with Crippen LogP contribution in [0.2, 0.25) is 0 Å². The second-order valence-corrected chi connectivity index (χ2v) is 5.12. The maximum atomic E-state index is 5.64. The Morgan fingerprint density at radius 1 is 1.37 bits per heavy atom. The first kappa shape index (κ1) is 19.0. The van der Waals surface area contributed by atoms with Crippen molar-refractivity contribution in [3.8, 4) is 0 Å². The number of likely N-dealkylation sites (N-methyl/N-ethyl adjacent to an activating group) is 1. The SMILES string of the molecule is CCCCCNC(=NC)N(C)CCOCC1CC1.I. The molecule has 0 unspecified atom stereocenters. The number of unbranched alkanes of at least 4 members (excludes halogenated alkanes) is 2. The van der Waals surface area contributed by atoms with Crippen LogP contribution in [0.5, 0.6) is 0 Å². The molecule has 1 fully saturated rings. The third-order valence-electron chi connectivity index (χ3n) is 3.26. The number of hydrogen-bond donors (Lipinski definition) is 1. The molecule has 5 heteroatoms. The van der Waals surface area contributed by atoms with Gasteiger partial charge in [0.05, 0.1) is 6.61 Å². The van der Waals surface area contributed by atoms with Crippen LogP contribution in [0.4, 0.5) is 0 Å². The molecule has 4 nitrogen and oxygen atoms in total. The zero-order chi connectivity index (χ0) is 13.2. The first-order valence-corrected chi connectivity index (χ1v) is 7.27. The molecule has 19 heavy (non-hydrogen) atoms. The van der Waals surface area contributed by atoms with Crippen molar-refractivity contribution in [2.24, 2.45) is 10.9 Å². The number of guanidine groups is 1. The maximum absolute atomic E-state index is 5.64. The summed E-state index contributed by atoms with van der Waals surface area (Å²) in [7, 11) is 3.90. The molecular weight excluding hydrogens is 353 g/mol. The zero-order valence-electron chi connectivity index (χ0n) is 12.7. The number of aliphatic imine (C=N–C) groups is 1. The Kier molecular flexibility index (Phi) is 11.7. The third kappa shape index (κ3) is 9.49. The third-order valence-corrected chi connectivity index (χ3v) is 3.26. The van der Waals surface area contributed by atoms with Crippen molar-refractivity contribution in [2.45, 2.75) is 39.0 Å². The van der Waals surface area contributed by atoms with Gasteiger partial charge in [0.25, 0.3) is 0 Å². The molecule has 1 aliphatic rings. The van der Waals surface area contributed by atoms with Crippen LogP contribution in [0.25, 0.3) is 0 Å². The highest BCUT2D eigenvalue weighted by atomic mass is 127. The van der Waals surface area contributed by atoms with Crippen molar-refractivity contribution in [3.63, 3.8) is 0 Å². The average Bonchev–Trinajstić information content (AvgIpc) is 3.18. The van der Waals surface area contributed by atoms with Crippen LogP contribution in [0.15, 0.2) is 4.99 Å². The predicted octanol–water partition coefficient (Wildman–Crippen LogP) is 2.73. The summed E-state index contributed by atoms with van der Waals surface area (Å²) < 4.78 is 5.64. The quantitative estimate of drug-likeness (QED) is 0.288. The Bertz CT molecular complexity index is 245. The lowest BCUT2D eigenvalue weighted by Gasteiger charge is -2.22. The zero-order valence-corrected chi connectivity index (χ0v) is 15.0. The fraction of sp³-hybridized carbons (Fsp3) is 0.929. The van der Waals surface area contributed by atoms with E-state index in [-0.39, 0.29) is 24.0 Å². The molecule has 0 aromatic carbocycles. The average molecular weight is 383 g/mol. The van der Waals surface area contributed by atoms with Crippen molar-refractivity contribution in [1.82, 2.24) is 10.2 Å². The van der Waals surface area contributed by atoms with Crippen LogP contribution in [0.3, 0.4) is 0 Å². The summed E-state index contributed by atoms with van der Waals surface area (Å²) >= 11 is 0. The first-order valence-electron chi connectivity index (χ1n) is 7.27. The van der Waals surface area contributed by atoms with Gasteiger partial charge in [-0.05, 0) is 25.2 Å². The fourth-order valence-corrected chi connectivity index (χ4v) is 1.80. The minimum absolute atomic E-state index is 0. The van der Waals surface area contributed by atoms with Crippen LogP contribution in [0.1, 0.15) is 39.0 Å². The van der Waals surface area contributed by atoms with Crippen LogP contribution in [-0.4, -0.2) is 51.3 Å². The van der Waals surface area contributed by atoms with Crippen LogP contribution in [-0.2, 0) is 4.74 Å². The molecule has 0 amide bonds. The van der Waals surface area contributed by atoms with Gasteiger partial charge in [-0.15, -0.1) is 24.0 Å². The van der Waals surface area contributed by atoms with E-state index in [0.29, 0.717) is 0 Å². The Hall–Kier alpha value is -0.0400. The van der Waals surface area contributed by atoms with Gasteiger partial charge in [0.1, 0.15) is 0 Å². The number of nitrogens with zero attached hydrogens (tertiary/aromatic N) is 2. The molecule has 0 heterocycles. The Morgan fingerprint density at radius 2 is 2.11 bits per heavy atom. The van der Waals surface area contributed by atoms with Gasteiger partial charge in [0, 0.05) is 33.8 Å². The summed E-state index contributed by atoms with van der Waals surface area (Å²) in [6, 6.07) is 0. The van der Waals surface area contributed by atoms with Crippen molar-refractivity contribution in [2.75, 3.05) is 40.4 Å². The molecule has 1 saturated carbocycles. The van der Waals surface area contributed by atoms with E-state index in [2.05, 4.69) is 29.2 Å². The molecule has 1 rings (SSSR count). The van der Waals surface area contributed by atoms with E-state index in [0.717, 1.165) is 38.2 Å². The number of rotatable bonds is 9. The molecule has 0 aromatic rings.